The summed E-state index contributed by atoms with van der Waals surface area (Å²) in [7, 11) is 0. The van der Waals surface area contributed by atoms with Crippen LogP contribution in [0.3, 0.4) is 0 Å². The molecule has 2 aromatic carbocycles. The lowest BCUT2D eigenvalue weighted by molar-refractivity contribution is -0.125. The summed E-state index contributed by atoms with van der Waals surface area (Å²) in [5.74, 6) is 0.926. The van der Waals surface area contributed by atoms with Crippen LogP contribution in [0.5, 0.6) is 11.5 Å². The molecular formula is C17H13ClN2O3S. The van der Waals surface area contributed by atoms with Gasteiger partial charge in [0.25, 0.3) is 5.91 Å². The highest BCUT2D eigenvalue weighted by Crippen LogP contribution is 2.33. The number of para-hydroxylation sites is 2. The highest BCUT2D eigenvalue weighted by Gasteiger charge is 2.28. The molecule has 1 atom stereocenters. The number of nitrogens with one attached hydrogen (secondary N) is 1. The first-order valence-electron chi connectivity index (χ1n) is 7.37. The van der Waals surface area contributed by atoms with Crippen LogP contribution in [0.2, 0.25) is 5.02 Å². The first kappa shape index (κ1) is 15.2. The second kappa shape index (κ2) is 5.96. The van der Waals surface area contributed by atoms with Gasteiger partial charge >= 0.3 is 0 Å². The van der Waals surface area contributed by atoms with E-state index in [0.29, 0.717) is 21.7 Å². The maximum absolute atomic E-state index is 12.4. The molecule has 1 amide bonds. The normalized spacial score (nSPS) is 16.2. The van der Waals surface area contributed by atoms with Gasteiger partial charge in [-0.25, -0.2) is 4.98 Å². The Kier molecular flexibility index (Phi) is 3.78. The summed E-state index contributed by atoms with van der Waals surface area (Å²) in [6.45, 7) is 2.07. The van der Waals surface area contributed by atoms with E-state index >= 15 is 0 Å². The molecule has 1 aliphatic rings. The van der Waals surface area contributed by atoms with Crippen molar-refractivity contribution in [2.24, 2.45) is 0 Å². The standard InChI is InChI=1S/C17H13ClN2O3S/c1-9-10(18)6-7-14-15(9)19-17(24-14)20-16(21)13-8-22-11-4-2-3-5-12(11)23-13/h2-7,13H,8H2,1H3,(H,19,20,21)/t13-/m0/s1. The number of thiazole rings is 1. The average Bonchev–Trinajstić information content (AvgIpc) is 3.01. The highest BCUT2D eigenvalue weighted by molar-refractivity contribution is 7.22. The largest absolute Gasteiger partial charge is 0.485 e. The Bertz CT molecular complexity index is 941. The number of hydrogen-bond donors (Lipinski definition) is 1. The van der Waals surface area contributed by atoms with E-state index in [-0.39, 0.29) is 12.5 Å². The molecule has 7 heteroatoms. The van der Waals surface area contributed by atoms with E-state index in [2.05, 4.69) is 10.3 Å². The number of aryl methyl sites for hydroxylation is 1. The fourth-order valence-corrected chi connectivity index (χ4v) is 3.57. The van der Waals surface area contributed by atoms with Crippen molar-refractivity contribution in [1.29, 1.82) is 0 Å². The number of fused-ring (bicyclic) bond motifs is 2. The van der Waals surface area contributed by atoms with Gasteiger partial charge in [-0.2, -0.15) is 0 Å². The number of carbonyl (C=O) groups is 1. The smallest absolute Gasteiger partial charge is 0.270 e. The summed E-state index contributed by atoms with van der Waals surface area (Å²) in [6, 6.07) is 11.0. The number of nitrogens with zero attached hydrogens (tertiary/aromatic N) is 1. The first-order chi connectivity index (χ1) is 11.6. The topological polar surface area (TPSA) is 60.5 Å². The van der Waals surface area contributed by atoms with Gasteiger partial charge in [0.05, 0.1) is 10.2 Å². The highest BCUT2D eigenvalue weighted by atomic mass is 35.5. The maximum atomic E-state index is 12.4. The van der Waals surface area contributed by atoms with Crippen LogP contribution in [-0.4, -0.2) is 23.6 Å². The van der Waals surface area contributed by atoms with Crippen LogP contribution in [0.1, 0.15) is 5.56 Å². The van der Waals surface area contributed by atoms with E-state index in [0.717, 1.165) is 15.8 Å². The van der Waals surface area contributed by atoms with Gasteiger partial charge in [-0.1, -0.05) is 35.1 Å². The Morgan fingerprint density at radius 3 is 2.92 bits per heavy atom. The second-order valence-corrected chi connectivity index (χ2v) is 6.83. The molecular weight excluding hydrogens is 348 g/mol. The molecule has 0 radical (unpaired) electrons. The monoisotopic (exact) mass is 360 g/mol. The lowest BCUT2D eigenvalue weighted by Crippen LogP contribution is -2.40. The minimum Gasteiger partial charge on any atom is -0.485 e. The Hall–Kier alpha value is -2.31. The Morgan fingerprint density at radius 2 is 2.08 bits per heavy atom. The van der Waals surface area contributed by atoms with E-state index in [4.69, 9.17) is 21.1 Å². The molecule has 1 aliphatic heterocycles. The maximum Gasteiger partial charge on any atom is 0.270 e. The molecule has 1 aromatic heterocycles. The Morgan fingerprint density at radius 1 is 1.29 bits per heavy atom. The van der Waals surface area contributed by atoms with Gasteiger partial charge in [0.2, 0.25) is 6.10 Å². The first-order valence-corrected chi connectivity index (χ1v) is 8.56. The fourth-order valence-electron chi connectivity index (χ4n) is 2.49. The number of hydrogen-bond acceptors (Lipinski definition) is 5. The van der Waals surface area contributed by atoms with Crippen molar-refractivity contribution in [2.45, 2.75) is 13.0 Å². The van der Waals surface area contributed by atoms with E-state index in [1.807, 2.05) is 37.3 Å². The molecule has 0 saturated carbocycles. The van der Waals surface area contributed by atoms with Crippen molar-refractivity contribution in [3.05, 3.63) is 47.0 Å². The average molecular weight is 361 g/mol. The van der Waals surface area contributed by atoms with Gasteiger partial charge in [0.15, 0.2) is 16.6 Å². The van der Waals surface area contributed by atoms with E-state index < -0.39 is 6.10 Å². The molecule has 0 aliphatic carbocycles. The zero-order chi connectivity index (χ0) is 16.7. The number of ether oxygens (including phenoxy) is 2. The fraction of sp³-hybridized carbons (Fsp3) is 0.176. The minimum atomic E-state index is -0.711. The van der Waals surface area contributed by atoms with Crippen LogP contribution in [-0.2, 0) is 4.79 Å². The molecule has 0 bridgehead atoms. The van der Waals surface area contributed by atoms with E-state index in [1.54, 1.807) is 6.07 Å². The molecule has 0 saturated heterocycles. The number of halogens is 1. The molecule has 24 heavy (non-hydrogen) atoms. The predicted octanol–water partition coefficient (Wildman–Crippen LogP) is 4.04. The number of aromatic nitrogens is 1. The lowest BCUT2D eigenvalue weighted by Gasteiger charge is -2.25. The number of benzene rings is 2. The number of carbonyl (C=O) groups excluding carboxylic acids is 1. The van der Waals surface area contributed by atoms with Gasteiger partial charge in [-0.15, -0.1) is 0 Å². The number of rotatable bonds is 2. The molecule has 0 spiro atoms. The summed E-state index contributed by atoms with van der Waals surface area (Å²) in [6.07, 6.45) is -0.711. The van der Waals surface area contributed by atoms with Crippen molar-refractivity contribution < 1.29 is 14.3 Å². The predicted molar refractivity (Wildman–Crippen MR) is 94.3 cm³/mol. The van der Waals surface area contributed by atoms with Gasteiger partial charge in [0, 0.05) is 5.02 Å². The Labute approximate surface area is 147 Å². The summed E-state index contributed by atoms with van der Waals surface area (Å²) >= 11 is 7.51. The SMILES string of the molecule is Cc1c(Cl)ccc2sc(NC(=O)[C@@H]3COc4ccccc4O3)nc12. The second-order valence-electron chi connectivity index (χ2n) is 5.39. The molecule has 5 nitrogen and oxygen atoms in total. The summed E-state index contributed by atoms with van der Waals surface area (Å²) < 4.78 is 12.2. The third kappa shape index (κ3) is 2.68. The molecule has 1 N–H and O–H groups in total. The summed E-state index contributed by atoms with van der Waals surface area (Å²) in [4.78, 5) is 16.9. The quantitative estimate of drug-likeness (QED) is 0.749. The van der Waals surface area contributed by atoms with Crippen LogP contribution in [0.4, 0.5) is 5.13 Å². The van der Waals surface area contributed by atoms with Gasteiger partial charge in [-0.3, -0.25) is 10.1 Å². The van der Waals surface area contributed by atoms with Crippen LogP contribution in [0.25, 0.3) is 10.2 Å². The molecule has 4 rings (SSSR count). The zero-order valence-electron chi connectivity index (χ0n) is 12.7. The molecule has 2 heterocycles. The van der Waals surface area contributed by atoms with Crippen LogP contribution in [0, 0.1) is 6.92 Å². The minimum absolute atomic E-state index is 0.165. The van der Waals surface area contributed by atoms with E-state index in [1.165, 1.54) is 11.3 Å². The van der Waals surface area contributed by atoms with Crippen molar-refractivity contribution in [2.75, 3.05) is 11.9 Å². The van der Waals surface area contributed by atoms with Crippen molar-refractivity contribution in [3.8, 4) is 11.5 Å². The van der Waals surface area contributed by atoms with Crippen LogP contribution in [0.15, 0.2) is 36.4 Å². The third-order valence-electron chi connectivity index (χ3n) is 3.78. The van der Waals surface area contributed by atoms with Crippen LogP contribution >= 0.6 is 22.9 Å². The van der Waals surface area contributed by atoms with Gasteiger partial charge in [-0.05, 0) is 36.8 Å². The molecule has 0 unspecified atom stereocenters. The van der Waals surface area contributed by atoms with Crippen LogP contribution < -0.4 is 14.8 Å². The number of amides is 1. The summed E-state index contributed by atoms with van der Waals surface area (Å²) in [5, 5.41) is 3.97. The zero-order valence-corrected chi connectivity index (χ0v) is 14.3. The summed E-state index contributed by atoms with van der Waals surface area (Å²) in [5.41, 5.74) is 1.70. The van der Waals surface area contributed by atoms with E-state index in [9.17, 15) is 4.79 Å². The molecule has 0 fully saturated rings. The van der Waals surface area contributed by atoms with Gasteiger partial charge in [0.1, 0.15) is 6.61 Å². The van der Waals surface area contributed by atoms with Crippen molar-refractivity contribution in [1.82, 2.24) is 4.98 Å². The van der Waals surface area contributed by atoms with Gasteiger partial charge < -0.3 is 9.47 Å². The van der Waals surface area contributed by atoms with Crippen molar-refractivity contribution >= 4 is 44.2 Å². The van der Waals surface area contributed by atoms with Crippen molar-refractivity contribution in [3.63, 3.8) is 0 Å². The molecule has 3 aromatic rings. The lowest BCUT2D eigenvalue weighted by atomic mass is 10.2. The third-order valence-corrected chi connectivity index (χ3v) is 5.12. The number of anilines is 1. The molecule has 122 valence electrons. The Balaban J connectivity index is 1.54.